The van der Waals surface area contributed by atoms with Gasteiger partial charge < -0.3 is 4.57 Å². The molecule has 1 fully saturated rings. The predicted molar refractivity (Wildman–Crippen MR) is 81.4 cm³/mol. The molecule has 1 heterocycles. The second kappa shape index (κ2) is 5.50. The fraction of sp³-hybridized carbons (Fsp3) is 0.278. The first-order chi connectivity index (χ1) is 10.6. The molecule has 0 saturated heterocycles. The number of nitriles is 2. The van der Waals surface area contributed by atoms with Crippen molar-refractivity contribution in [3.05, 3.63) is 53.3 Å². The van der Waals surface area contributed by atoms with Crippen molar-refractivity contribution in [3.8, 4) is 17.8 Å². The predicted octanol–water partition coefficient (Wildman–Crippen LogP) is 3.39. The Labute approximate surface area is 129 Å². The summed E-state index contributed by atoms with van der Waals surface area (Å²) >= 11 is 0. The summed E-state index contributed by atoms with van der Waals surface area (Å²) in [6.45, 7) is 1.95. The molecule has 0 N–H and O–H groups in total. The van der Waals surface area contributed by atoms with Crippen LogP contribution in [0.3, 0.4) is 0 Å². The van der Waals surface area contributed by atoms with E-state index in [1.807, 2.05) is 35.8 Å². The monoisotopic (exact) mass is 289 g/mol. The van der Waals surface area contributed by atoms with Crippen molar-refractivity contribution >= 4 is 5.78 Å². The van der Waals surface area contributed by atoms with Crippen LogP contribution in [-0.2, 0) is 0 Å². The molecule has 0 spiro atoms. The normalized spacial score (nSPS) is 19.8. The lowest BCUT2D eigenvalue weighted by molar-refractivity contribution is 0.0810. The first-order valence-corrected chi connectivity index (χ1v) is 7.26. The average Bonchev–Trinajstić information content (AvgIpc) is 2.88. The van der Waals surface area contributed by atoms with Crippen LogP contribution >= 0.6 is 0 Å². The number of rotatable bonds is 3. The number of benzene rings is 1. The third-order valence-corrected chi connectivity index (χ3v) is 4.27. The Kier molecular flexibility index (Phi) is 3.53. The van der Waals surface area contributed by atoms with Crippen molar-refractivity contribution in [2.75, 3.05) is 0 Å². The van der Waals surface area contributed by atoms with Gasteiger partial charge in [0.1, 0.15) is 0 Å². The average molecular weight is 289 g/mol. The largest absolute Gasteiger partial charge is 0.311 e. The first kappa shape index (κ1) is 14.1. The third kappa shape index (κ3) is 2.29. The van der Waals surface area contributed by atoms with E-state index < -0.39 is 0 Å². The molecule has 1 aromatic carbocycles. The lowest BCUT2D eigenvalue weighted by atomic mass is 9.73. The lowest BCUT2D eigenvalue weighted by Crippen LogP contribution is -2.30. The standard InChI is InChI=1S/C18H15N3O/c1-12-2-7-17(18(22)15-8-14(9-15)11-20)21(12)16-5-3-13(10-19)4-6-16/h2-7,14-15H,8-9H2,1H3/t14-,15-. The van der Waals surface area contributed by atoms with E-state index in [1.165, 1.54) is 0 Å². The van der Waals surface area contributed by atoms with E-state index in [1.54, 1.807) is 12.1 Å². The summed E-state index contributed by atoms with van der Waals surface area (Å²) in [6, 6.07) is 15.3. The molecule has 1 aliphatic carbocycles. The number of ketones is 1. The summed E-state index contributed by atoms with van der Waals surface area (Å²) in [4.78, 5) is 12.6. The molecule has 1 aliphatic rings. The Balaban J connectivity index is 1.93. The molecule has 0 aliphatic heterocycles. The van der Waals surface area contributed by atoms with Crippen molar-refractivity contribution in [2.24, 2.45) is 11.8 Å². The van der Waals surface area contributed by atoms with Crippen LogP contribution < -0.4 is 0 Å². The Morgan fingerprint density at radius 1 is 1.14 bits per heavy atom. The van der Waals surface area contributed by atoms with Crippen LogP contribution in [0.15, 0.2) is 36.4 Å². The number of carbonyl (C=O) groups excluding carboxylic acids is 1. The molecule has 4 nitrogen and oxygen atoms in total. The lowest BCUT2D eigenvalue weighted by Gasteiger charge is -2.29. The SMILES string of the molecule is Cc1ccc(C(=O)[C@H]2C[C@H](C#N)C2)n1-c1ccc(C#N)cc1. The summed E-state index contributed by atoms with van der Waals surface area (Å²) in [6.07, 6.45) is 1.32. The van der Waals surface area contributed by atoms with Crippen LogP contribution in [-0.4, -0.2) is 10.4 Å². The van der Waals surface area contributed by atoms with Gasteiger partial charge >= 0.3 is 0 Å². The van der Waals surface area contributed by atoms with Crippen molar-refractivity contribution in [1.29, 1.82) is 10.5 Å². The van der Waals surface area contributed by atoms with Gasteiger partial charge in [0, 0.05) is 23.2 Å². The quantitative estimate of drug-likeness (QED) is 0.813. The molecular weight excluding hydrogens is 274 g/mol. The van der Waals surface area contributed by atoms with Gasteiger partial charge in [-0.1, -0.05) is 0 Å². The minimum absolute atomic E-state index is 0.0216. The summed E-state index contributed by atoms with van der Waals surface area (Å²) in [5, 5.41) is 17.7. The maximum absolute atomic E-state index is 12.6. The Hall–Kier alpha value is -2.85. The molecule has 2 aromatic rings. The van der Waals surface area contributed by atoms with Gasteiger partial charge in [-0.15, -0.1) is 0 Å². The molecule has 0 atom stereocenters. The van der Waals surface area contributed by atoms with E-state index in [4.69, 9.17) is 10.5 Å². The number of aryl methyl sites for hydroxylation is 1. The zero-order valence-electron chi connectivity index (χ0n) is 12.3. The Morgan fingerprint density at radius 3 is 2.41 bits per heavy atom. The second-order valence-electron chi connectivity index (χ2n) is 5.71. The molecule has 1 aromatic heterocycles. The van der Waals surface area contributed by atoms with Crippen LogP contribution in [0, 0.1) is 41.4 Å². The molecule has 0 amide bonds. The summed E-state index contributed by atoms with van der Waals surface area (Å²) in [5.41, 5.74) is 3.10. The molecule has 4 heteroatoms. The van der Waals surface area contributed by atoms with E-state index in [-0.39, 0.29) is 17.6 Å². The highest BCUT2D eigenvalue weighted by Gasteiger charge is 2.36. The second-order valence-corrected chi connectivity index (χ2v) is 5.71. The van der Waals surface area contributed by atoms with Crippen LogP contribution in [0.5, 0.6) is 0 Å². The summed E-state index contributed by atoms with van der Waals surface area (Å²) in [7, 11) is 0. The van der Waals surface area contributed by atoms with Crippen LogP contribution in [0.1, 0.15) is 34.6 Å². The van der Waals surface area contributed by atoms with E-state index >= 15 is 0 Å². The van der Waals surface area contributed by atoms with E-state index in [2.05, 4.69) is 12.1 Å². The van der Waals surface area contributed by atoms with Crippen LogP contribution in [0.2, 0.25) is 0 Å². The molecular formula is C18H15N3O. The molecule has 108 valence electrons. The van der Waals surface area contributed by atoms with Gasteiger partial charge in [-0.3, -0.25) is 4.79 Å². The van der Waals surface area contributed by atoms with Gasteiger partial charge in [0.25, 0.3) is 0 Å². The molecule has 0 radical (unpaired) electrons. The van der Waals surface area contributed by atoms with Crippen molar-refractivity contribution in [3.63, 3.8) is 0 Å². The molecule has 1 saturated carbocycles. The summed E-state index contributed by atoms with van der Waals surface area (Å²) < 4.78 is 1.92. The maximum Gasteiger partial charge on any atom is 0.182 e. The zero-order chi connectivity index (χ0) is 15.7. The smallest absolute Gasteiger partial charge is 0.182 e. The minimum atomic E-state index is -0.0453. The number of Topliss-reactive ketones (excluding diaryl/α,β-unsaturated/α-hetero) is 1. The van der Waals surface area contributed by atoms with Crippen molar-refractivity contribution < 1.29 is 4.79 Å². The Bertz CT molecular complexity index is 796. The number of carbonyl (C=O) groups is 1. The third-order valence-electron chi connectivity index (χ3n) is 4.27. The molecule has 3 rings (SSSR count). The van der Waals surface area contributed by atoms with Gasteiger partial charge in [-0.05, 0) is 56.2 Å². The van der Waals surface area contributed by atoms with E-state index in [9.17, 15) is 4.79 Å². The molecule has 0 unspecified atom stereocenters. The minimum Gasteiger partial charge on any atom is -0.311 e. The van der Waals surface area contributed by atoms with Gasteiger partial charge in [0.05, 0.1) is 23.4 Å². The number of hydrogen-bond donors (Lipinski definition) is 0. The van der Waals surface area contributed by atoms with Gasteiger partial charge in [-0.25, -0.2) is 0 Å². The number of nitrogens with zero attached hydrogens (tertiary/aromatic N) is 3. The Morgan fingerprint density at radius 2 is 1.82 bits per heavy atom. The highest BCUT2D eigenvalue weighted by atomic mass is 16.1. The fourth-order valence-electron chi connectivity index (χ4n) is 2.91. The maximum atomic E-state index is 12.6. The van der Waals surface area contributed by atoms with Crippen LogP contribution in [0.4, 0.5) is 0 Å². The van der Waals surface area contributed by atoms with Crippen molar-refractivity contribution in [1.82, 2.24) is 4.57 Å². The van der Waals surface area contributed by atoms with Gasteiger partial charge in [0.2, 0.25) is 0 Å². The molecule has 0 bridgehead atoms. The molecule has 22 heavy (non-hydrogen) atoms. The van der Waals surface area contributed by atoms with Crippen molar-refractivity contribution in [2.45, 2.75) is 19.8 Å². The number of aromatic nitrogens is 1. The topological polar surface area (TPSA) is 69.6 Å². The fourth-order valence-corrected chi connectivity index (χ4v) is 2.91. The zero-order valence-corrected chi connectivity index (χ0v) is 12.3. The van der Waals surface area contributed by atoms with E-state index in [0.29, 0.717) is 24.1 Å². The number of hydrogen-bond acceptors (Lipinski definition) is 3. The van der Waals surface area contributed by atoms with Crippen LogP contribution in [0.25, 0.3) is 5.69 Å². The highest BCUT2D eigenvalue weighted by molar-refractivity contribution is 5.98. The first-order valence-electron chi connectivity index (χ1n) is 7.26. The highest BCUT2D eigenvalue weighted by Crippen LogP contribution is 2.36. The summed E-state index contributed by atoms with van der Waals surface area (Å²) in [5.74, 6) is 0.0772. The van der Waals surface area contributed by atoms with E-state index in [0.717, 1.165) is 11.4 Å². The van der Waals surface area contributed by atoms with Gasteiger partial charge in [-0.2, -0.15) is 10.5 Å². The van der Waals surface area contributed by atoms with Gasteiger partial charge in [0.15, 0.2) is 5.78 Å².